The summed E-state index contributed by atoms with van der Waals surface area (Å²) in [5.41, 5.74) is 1.70. The Balaban J connectivity index is 1.86. The summed E-state index contributed by atoms with van der Waals surface area (Å²) in [6, 6.07) is 19.3. The Morgan fingerprint density at radius 3 is 2.53 bits per heavy atom. The van der Waals surface area contributed by atoms with Crippen LogP contribution in [0.15, 0.2) is 77.2 Å². The normalized spacial score (nSPS) is 11.2. The van der Waals surface area contributed by atoms with E-state index in [0.29, 0.717) is 16.4 Å². The number of benzene rings is 2. The lowest BCUT2D eigenvalue weighted by Gasteiger charge is -2.12. The number of nitrogens with zero attached hydrogens (tertiary/aromatic N) is 3. The number of amides is 1. The highest BCUT2D eigenvalue weighted by atomic mass is 35.5. The van der Waals surface area contributed by atoms with E-state index in [2.05, 4.69) is 10.3 Å². The lowest BCUT2D eigenvalue weighted by Crippen LogP contribution is -2.21. The van der Waals surface area contributed by atoms with Crippen LogP contribution in [-0.2, 0) is 4.79 Å². The molecule has 0 saturated heterocycles. The number of carbonyl (C=O) groups is 1. The zero-order chi connectivity index (χ0) is 24.2. The second-order valence-electron chi connectivity index (χ2n) is 7.49. The number of nitriles is 1. The van der Waals surface area contributed by atoms with Crippen LogP contribution in [-0.4, -0.2) is 15.3 Å². The Kier molecular flexibility index (Phi) is 6.44. The average molecular weight is 471 g/mol. The van der Waals surface area contributed by atoms with E-state index in [1.807, 2.05) is 38.1 Å². The van der Waals surface area contributed by atoms with Gasteiger partial charge in [0.2, 0.25) is 5.88 Å². The van der Waals surface area contributed by atoms with E-state index in [1.54, 1.807) is 48.7 Å². The van der Waals surface area contributed by atoms with Crippen molar-refractivity contribution in [1.82, 2.24) is 9.38 Å². The van der Waals surface area contributed by atoms with Crippen LogP contribution in [0.2, 0.25) is 5.02 Å². The molecule has 4 rings (SSSR count). The second-order valence-corrected chi connectivity index (χ2v) is 7.90. The molecular formula is C26H19ClN4O3. The highest BCUT2D eigenvalue weighted by molar-refractivity contribution is 6.32. The molecule has 0 atom stereocenters. The fourth-order valence-electron chi connectivity index (χ4n) is 3.32. The van der Waals surface area contributed by atoms with Gasteiger partial charge in [-0.05, 0) is 55.3 Å². The number of rotatable bonds is 5. The summed E-state index contributed by atoms with van der Waals surface area (Å²) >= 11 is 6.24. The van der Waals surface area contributed by atoms with Crippen LogP contribution in [0.25, 0.3) is 11.7 Å². The Morgan fingerprint density at radius 2 is 1.79 bits per heavy atom. The quantitative estimate of drug-likeness (QED) is 0.315. The van der Waals surface area contributed by atoms with Gasteiger partial charge in [0.15, 0.2) is 0 Å². The summed E-state index contributed by atoms with van der Waals surface area (Å²) in [6.45, 7) is 3.65. The number of pyridine rings is 1. The van der Waals surface area contributed by atoms with Crippen molar-refractivity contribution in [2.75, 3.05) is 5.32 Å². The maximum absolute atomic E-state index is 13.4. The van der Waals surface area contributed by atoms with Crippen LogP contribution in [0.3, 0.4) is 0 Å². The Morgan fingerprint density at radius 1 is 1.09 bits per heavy atom. The standard InChI is InChI=1S/C26H19ClN4O3/c1-16-8-3-5-11-21(16)29-24(32)18(15-28)14-19-25(34-22-12-6-4-10-20(22)27)30-23-17(2)9-7-13-31(23)26(19)33/h3-14H,1-2H3,(H,29,32)/b18-14-. The predicted molar refractivity (Wildman–Crippen MR) is 131 cm³/mol. The maximum atomic E-state index is 13.4. The van der Waals surface area contributed by atoms with Crippen LogP contribution < -0.4 is 15.6 Å². The van der Waals surface area contributed by atoms with Gasteiger partial charge >= 0.3 is 0 Å². The molecule has 2 aromatic carbocycles. The molecular weight excluding hydrogens is 452 g/mol. The fourth-order valence-corrected chi connectivity index (χ4v) is 3.50. The molecule has 34 heavy (non-hydrogen) atoms. The van der Waals surface area contributed by atoms with Crippen molar-refractivity contribution in [3.63, 3.8) is 0 Å². The van der Waals surface area contributed by atoms with E-state index >= 15 is 0 Å². The molecule has 0 aliphatic carbocycles. The molecule has 168 valence electrons. The van der Waals surface area contributed by atoms with Gasteiger partial charge in [-0.15, -0.1) is 0 Å². The molecule has 0 unspecified atom stereocenters. The average Bonchev–Trinajstić information content (AvgIpc) is 2.82. The lowest BCUT2D eigenvalue weighted by atomic mass is 10.1. The fraction of sp³-hybridized carbons (Fsp3) is 0.0769. The Hall–Kier alpha value is -4.41. The third kappa shape index (κ3) is 4.53. The number of aryl methyl sites for hydroxylation is 2. The van der Waals surface area contributed by atoms with Gasteiger partial charge < -0.3 is 10.1 Å². The highest BCUT2D eigenvalue weighted by Crippen LogP contribution is 2.30. The molecule has 0 radical (unpaired) electrons. The third-order valence-electron chi connectivity index (χ3n) is 5.14. The molecule has 0 aliphatic rings. The number of ether oxygens (including phenoxy) is 1. The number of para-hydroxylation sites is 2. The van der Waals surface area contributed by atoms with Crippen molar-refractivity contribution in [1.29, 1.82) is 5.26 Å². The smallest absolute Gasteiger partial charge is 0.269 e. The first-order chi connectivity index (χ1) is 16.4. The third-order valence-corrected chi connectivity index (χ3v) is 5.45. The van der Waals surface area contributed by atoms with Gasteiger partial charge in [-0.25, -0.2) is 0 Å². The zero-order valence-electron chi connectivity index (χ0n) is 18.4. The SMILES string of the molecule is Cc1ccccc1NC(=O)/C(C#N)=C\c1c(Oc2ccccc2Cl)nc2c(C)cccn2c1=O. The Bertz CT molecular complexity index is 1550. The maximum Gasteiger partial charge on any atom is 0.269 e. The minimum Gasteiger partial charge on any atom is -0.437 e. The number of carbonyl (C=O) groups excluding carboxylic acids is 1. The minimum atomic E-state index is -0.658. The first kappa shape index (κ1) is 22.8. The van der Waals surface area contributed by atoms with Gasteiger partial charge in [0.05, 0.1) is 5.02 Å². The molecule has 1 N–H and O–H groups in total. The van der Waals surface area contributed by atoms with Crippen LogP contribution >= 0.6 is 11.6 Å². The predicted octanol–water partition coefficient (Wildman–Crippen LogP) is 5.30. The summed E-state index contributed by atoms with van der Waals surface area (Å²) in [4.78, 5) is 30.8. The molecule has 0 fully saturated rings. The summed E-state index contributed by atoms with van der Waals surface area (Å²) < 4.78 is 7.25. The van der Waals surface area contributed by atoms with Crippen molar-refractivity contribution < 1.29 is 9.53 Å². The first-order valence-electron chi connectivity index (χ1n) is 10.3. The highest BCUT2D eigenvalue weighted by Gasteiger charge is 2.19. The molecule has 0 bridgehead atoms. The Labute approximate surface area is 200 Å². The number of hydrogen-bond acceptors (Lipinski definition) is 5. The molecule has 8 heteroatoms. The summed E-state index contributed by atoms with van der Waals surface area (Å²) in [6.07, 6.45) is 2.75. The van der Waals surface area contributed by atoms with E-state index in [0.717, 1.165) is 11.1 Å². The van der Waals surface area contributed by atoms with Crippen LogP contribution in [0.5, 0.6) is 11.6 Å². The molecule has 0 aliphatic heterocycles. The van der Waals surface area contributed by atoms with Gasteiger partial charge in [0, 0.05) is 11.9 Å². The summed E-state index contributed by atoms with van der Waals surface area (Å²) in [5.74, 6) is -0.440. The van der Waals surface area contributed by atoms with Crippen LogP contribution in [0.4, 0.5) is 5.69 Å². The summed E-state index contributed by atoms with van der Waals surface area (Å²) in [5, 5.41) is 12.7. The van der Waals surface area contributed by atoms with E-state index in [-0.39, 0.29) is 22.8 Å². The molecule has 7 nitrogen and oxygen atoms in total. The zero-order valence-corrected chi connectivity index (χ0v) is 19.1. The van der Waals surface area contributed by atoms with E-state index in [9.17, 15) is 14.9 Å². The van der Waals surface area contributed by atoms with Crippen molar-refractivity contribution in [2.24, 2.45) is 0 Å². The van der Waals surface area contributed by atoms with Gasteiger partial charge in [-0.3, -0.25) is 14.0 Å². The molecule has 0 spiro atoms. The number of nitrogens with one attached hydrogen (secondary N) is 1. The molecule has 0 saturated carbocycles. The molecule has 2 heterocycles. The molecule has 1 amide bonds. The van der Waals surface area contributed by atoms with Crippen molar-refractivity contribution in [2.45, 2.75) is 13.8 Å². The number of anilines is 1. The van der Waals surface area contributed by atoms with Crippen molar-refractivity contribution >= 4 is 34.9 Å². The van der Waals surface area contributed by atoms with E-state index in [4.69, 9.17) is 16.3 Å². The summed E-state index contributed by atoms with van der Waals surface area (Å²) in [7, 11) is 0. The van der Waals surface area contributed by atoms with Crippen molar-refractivity contribution in [3.05, 3.63) is 105 Å². The number of aromatic nitrogens is 2. The first-order valence-corrected chi connectivity index (χ1v) is 10.7. The van der Waals surface area contributed by atoms with Gasteiger partial charge in [0.1, 0.15) is 28.6 Å². The lowest BCUT2D eigenvalue weighted by molar-refractivity contribution is -0.112. The number of hydrogen-bond donors (Lipinski definition) is 1. The second kappa shape index (κ2) is 9.61. The van der Waals surface area contributed by atoms with E-state index in [1.165, 1.54) is 10.5 Å². The van der Waals surface area contributed by atoms with Gasteiger partial charge in [-0.2, -0.15) is 10.2 Å². The van der Waals surface area contributed by atoms with E-state index < -0.39 is 11.5 Å². The van der Waals surface area contributed by atoms with Gasteiger partial charge in [0.25, 0.3) is 11.5 Å². The largest absolute Gasteiger partial charge is 0.437 e. The van der Waals surface area contributed by atoms with Gasteiger partial charge in [-0.1, -0.05) is 48.0 Å². The number of halogens is 1. The monoisotopic (exact) mass is 470 g/mol. The minimum absolute atomic E-state index is 0.0560. The molecule has 4 aromatic rings. The van der Waals surface area contributed by atoms with Crippen molar-refractivity contribution in [3.8, 4) is 17.7 Å². The van der Waals surface area contributed by atoms with Crippen LogP contribution in [0.1, 0.15) is 16.7 Å². The molecule has 2 aromatic heterocycles. The topological polar surface area (TPSA) is 96.5 Å². The number of fused-ring (bicyclic) bond motifs is 1. The van der Waals surface area contributed by atoms with Crippen LogP contribution in [0, 0.1) is 25.2 Å².